The highest BCUT2D eigenvalue weighted by Gasteiger charge is 2.36. The lowest BCUT2D eigenvalue weighted by molar-refractivity contribution is 0.147. The number of aromatic nitrogens is 2. The minimum absolute atomic E-state index is 0.0220. The molecule has 1 saturated heterocycles. The van der Waals surface area contributed by atoms with Crippen molar-refractivity contribution in [1.82, 2.24) is 15.0 Å². The second-order valence-corrected chi connectivity index (χ2v) is 6.03. The van der Waals surface area contributed by atoms with Crippen molar-refractivity contribution in [2.45, 2.75) is 5.92 Å². The van der Waals surface area contributed by atoms with E-state index in [-0.39, 0.29) is 18.7 Å². The first kappa shape index (κ1) is 14.8. The molecule has 0 bridgehead atoms. The first-order chi connectivity index (χ1) is 12.8. The predicted molar refractivity (Wildman–Crippen MR) is 87.9 cm³/mol. The van der Waals surface area contributed by atoms with Crippen LogP contribution in [0, 0.1) is 0 Å². The van der Waals surface area contributed by atoms with Crippen molar-refractivity contribution in [3.05, 3.63) is 42.5 Å². The Bertz CT molecular complexity index is 946. The van der Waals surface area contributed by atoms with Gasteiger partial charge in [-0.1, -0.05) is 5.16 Å². The molecule has 2 amide bonds. The molecule has 1 N–H and O–H groups in total. The van der Waals surface area contributed by atoms with Crippen LogP contribution < -0.4 is 14.8 Å². The Balaban J connectivity index is 1.19. The second-order valence-electron chi connectivity index (χ2n) is 6.03. The normalized spacial score (nSPS) is 15.8. The number of nitrogens with one attached hydrogen (secondary N) is 1. The Morgan fingerprint density at radius 2 is 2.08 bits per heavy atom. The van der Waals surface area contributed by atoms with Crippen LogP contribution in [0.3, 0.4) is 0 Å². The van der Waals surface area contributed by atoms with Gasteiger partial charge in [0.15, 0.2) is 17.3 Å². The molecule has 5 rings (SSSR count). The third-order valence-electron chi connectivity index (χ3n) is 4.33. The Labute approximate surface area is 147 Å². The number of rotatable bonds is 3. The van der Waals surface area contributed by atoms with Crippen LogP contribution in [0.5, 0.6) is 11.5 Å². The highest BCUT2D eigenvalue weighted by molar-refractivity contribution is 5.90. The maximum atomic E-state index is 12.3. The van der Waals surface area contributed by atoms with Crippen LogP contribution in [0.4, 0.5) is 10.5 Å². The van der Waals surface area contributed by atoms with Crippen molar-refractivity contribution < 1.29 is 23.2 Å². The molecule has 9 nitrogen and oxygen atoms in total. The number of furan rings is 1. The summed E-state index contributed by atoms with van der Waals surface area (Å²) in [5, 5.41) is 6.75. The van der Waals surface area contributed by atoms with Gasteiger partial charge in [0, 0.05) is 24.8 Å². The van der Waals surface area contributed by atoms with Gasteiger partial charge < -0.3 is 28.6 Å². The van der Waals surface area contributed by atoms with Crippen LogP contribution in [-0.4, -0.2) is 41.0 Å². The largest absolute Gasteiger partial charge is 0.461 e. The predicted octanol–water partition coefficient (Wildman–Crippen LogP) is 2.69. The number of ether oxygens (including phenoxy) is 2. The summed E-state index contributed by atoms with van der Waals surface area (Å²) in [7, 11) is 0. The van der Waals surface area contributed by atoms with E-state index < -0.39 is 0 Å². The van der Waals surface area contributed by atoms with Crippen molar-refractivity contribution in [2.24, 2.45) is 0 Å². The molecule has 2 aliphatic heterocycles. The number of amides is 2. The first-order valence-electron chi connectivity index (χ1n) is 8.09. The van der Waals surface area contributed by atoms with E-state index in [2.05, 4.69) is 15.5 Å². The molecule has 1 aromatic carbocycles. The van der Waals surface area contributed by atoms with E-state index in [1.54, 1.807) is 41.5 Å². The third kappa shape index (κ3) is 2.53. The van der Waals surface area contributed by atoms with E-state index in [9.17, 15) is 4.79 Å². The molecule has 0 radical (unpaired) electrons. The Morgan fingerprint density at radius 1 is 1.19 bits per heavy atom. The Hall–Kier alpha value is -3.49. The van der Waals surface area contributed by atoms with Gasteiger partial charge in [-0.05, 0) is 24.3 Å². The number of urea groups is 1. The third-order valence-corrected chi connectivity index (χ3v) is 4.33. The summed E-state index contributed by atoms with van der Waals surface area (Å²) in [6, 6.07) is 8.62. The zero-order chi connectivity index (χ0) is 17.5. The van der Waals surface area contributed by atoms with E-state index >= 15 is 0 Å². The maximum Gasteiger partial charge on any atom is 0.321 e. The number of hydrogen-bond donors (Lipinski definition) is 1. The summed E-state index contributed by atoms with van der Waals surface area (Å²) >= 11 is 0. The number of carbonyl (C=O) groups excluding carboxylic acids is 1. The monoisotopic (exact) mass is 354 g/mol. The van der Waals surface area contributed by atoms with Gasteiger partial charge >= 0.3 is 6.03 Å². The Kier molecular flexibility index (Phi) is 3.30. The zero-order valence-corrected chi connectivity index (χ0v) is 13.5. The molecule has 9 heteroatoms. The number of anilines is 1. The van der Waals surface area contributed by atoms with Crippen LogP contribution in [0.25, 0.3) is 11.6 Å². The van der Waals surface area contributed by atoms with Crippen LogP contribution in [-0.2, 0) is 0 Å². The van der Waals surface area contributed by atoms with Gasteiger partial charge in [-0.25, -0.2) is 4.79 Å². The average molecular weight is 354 g/mol. The van der Waals surface area contributed by atoms with Crippen LogP contribution in [0.2, 0.25) is 0 Å². The van der Waals surface area contributed by atoms with E-state index in [0.717, 1.165) is 0 Å². The lowest BCUT2D eigenvalue weighted by Crippen LogP contribution is -2.50. The lowest BCUT2D eigenvalue weighted by Gasteiger charge is -2.36. The summed E-state index contributed by atoms with van der Waals surface area (Å²) in [5.74, 6) is 2.79. The summed E-state index contributed by atoms with van der Waals surface area (Å²) in [5.41, 5.74) is 0.653. The van der Waals surface area contributed by atoms with Gasteiger partial charge in [0.1, 0.15) is 0 Å². The van der Waals surface area contributed by atoms with Crippen molar-refractivity contribution in [1.29, 1.82) is 0 Å². The van der Waals surface area contributed by atoms with E-state index in [0.29, 0.717) is 47.8 Å². The SMILES string of the molecule is O=C(Nc1ccc2c(c1)OCO2)N1CC(c2nc(-c3ccco3)no2)C1. The number of likely N-dealkylation sites (tertiary alicyclic amines) is 1. The van der Waals surface area contributed by atoms with Crippen molar-refractivity contribution in [3.63, 3.8) is 0 Å². The molecule has 4 heterocycles. The fourth-order valence-corrected chi connectivity index (χ4v) is 2.88. The van der Waals surface area contributed by atoms with Crippen LogP contribution >= 0.6 is 0 Å². The molecular weight excluding hydrogens is 340 g/mol. The highest BCUT2D eigenvalue weighted by atomic mass is 16.7. The van der Waals surface area contributed by atoms with Crippen LogP contribution in [0.15, 0.2) is 45.5 Å². The molecule has 132 valence electrons. The average Bonchev–Trinajstić information content (AvgIpc) is 3.34. The molecule has 0 unspecified atom stereocenters. The number of nitrogens with zero attached hydrogens (tertiary/aromatic N) is 3. The van der Waals surface area contributed by atoms with Crippen molar-refractivity contribution in [3.8, 4) is 23.1 Å². The zero-order valence-electron chi connectivity index (χ0n) is 13.5. The van der Waals surface area contributed by atoms with Crippen molar-refractivity contribution in [2.75, 3.05) is 25.2 Å². The Morgan fingerprint density at radius 3 is 2.92 bits per heavy atom. The molecule has 1 fully saturated rings. The maximum absolute atomic E-state index is 12.3. The molecule has 2 aliphatic rings. The quantitative estimate of drug-likeness (QED) is 0.771. The molecule has 2 aromatic heterocycles. The molecule has 0 spiro atoms. The van der Waals surface area contributed by atoms with Gasteiger partial charge in [-0.2, -0.15) is 4.98 Å². The molecule has 0 atom stereocenters. The topological polar surface area (TPSA) is 103 Å². The number of benzene rings is 1. The van der Waals surface area contributed by atoms with Gasteiger partial charge in [-0.15, -0.1) is 0 Å². The summed E-state index contributed by atoms with van der Waals surface area (Å²) in [4.78, 5) is 18.3. The lowest BCUT2D eigenvalue weighted by atomic mass is 10.0. The van der Waals surface area contributed by atoms with E-state index in [4.69, 9.17) is 18.4 Å². The smallest absolute Gasteiger partial charge is 0.321 e. The number of hydrogen-bond acceptors (Lipinski definition) is 7. The number of fused-ring (bicyclic) bond motifs is 1. The van der Waals surface area contributed by atoms with Gasteiger partial charge in [0.25, 0.3) is 0 Å². The standard InChI is InChI=1S/C17H14N4O5/c22-17(18-11-3-4-12-14(6-11)25-9-24-12)21-7-10(8-21)16-19-15(20-26-16)13-2-1-5-23-13/h1-6,10H,7-9H2,(H,18,22). The number of carbonyl (C=O) groups is 1. The van der Waals surface area contributed by atoms with Crippen LogP contribution in [0.1, 0.15) is 11.8 Å². The fourth-order valence-electron chi connectivity index (χ4n) is 2.88. The summed E-state index contributed by atoms with van der Waals surface area (Å²) in [6.45, 7) is 1.22. The summed E-state index contributed by atoms with van der Waals surface area (Å²) < 4.78 is 21.1. The molecule has 26 heavy (non-hydrogen) atoms. The van der Waals surface area contributed by atoms with Gasteiger partial charge in [-0.3, -0.25) is 0 Å². The van der Waals surface area contributed by atoms with Gasteiger partial charge in [0.05, 0.1) is 12.2 Å². The van der Waals surface area contributed by atoms with E-state index in [1.165, 1.54) is 0 Å². The molecule has 0 saturated carbocycles. The molecule has 3 aromatic rings. The molecule has 0 aliphatic carbocycles. The minimum Gasteiger partial charge on any atom is -0.461 e. The molecular formula is C17H14N4O5. The summed E-state index contributed by atoms with van der Waals surface area (Å²) in [6.07, 6.45) is 1.55. The fraction of sp³-hybridized carbons (Fsp3) is 0.235. The van der Waals surface area contributed by atoms with Gasteiger partial charge in [0.2, 0.25) is 18.5 Å². The second kappa shape index (κ2) is 5.80. The first-order valence-corrected chi connectivity index (χ1v) is 8.09. The van der Waals surface area contributed by atoms with Crippen molar-refractivity contribution >= 4 is 11.7 Å². The highest BCUT2D eigenvalue weighted by Crippen LogP contribution is 2.34. The minimum atomic E-state index is -0.189. The van der Waals surface area contributed by atoms with E-state index in [1.807, 2.05) is 0 Å².